The Labute approximate surface area is 351 Å². The average molecular weight is 798 g/mol. The molecule has 0 radical (unpaired) electrons. The summed E-state index contributed by atoms with van der Waals surface area (Å²) in [4.78, 5) is 5.19. The van der Waals surface area contributed by atoms with Crippen LogP contribution in [0.5, 0.6) is 0 Å². The highest BCUT2D eigenvalue weighted by molar-refractivity contribution is 7.21. The first kappa shape index (κ1) is 33.0. The fraction of sp³-hybridized carbons (Fsp3) is 0. The molecular formula is C55H31N3O2S. The second-order valence-corrected chi connectivity index (χ2v) is 16.9. The predicted octanol–water partition coefficient (Wildman–Crippen LogP) is 15.6. The molecule has 0 spiro atoms. The summed E-state index contributed by atoms with van der Waals surface area (Å²) in [6.07, 6.45) is 0. The fourth-order valence-corrected chi connectivity index (χ4v) is 10.8. The number of hydrogen-bond acceptors (Lipinski definition) is 4. The SMILES string of the molecule is c1ccc(-c2nc3cc4c(cc3s2)c2cc(-c3cccc5c6ccccc6n(-c6ccc7oc8ccccc8c7c6)c35)ccc2n4-c2ccc3oc4ccccc4c3c2)cc1. The lowest BCUT2D eigenvalue weighted by Gasteiger charge is -2.13. The molecule has 6 heteroatoms. The van der Waals surface area contributed by atoms with Crippen molar-refractivity contribution in [3.63, 3.8) is 0 Å². The molecule has 0 fully saturated rings. The number of fused-ring (bicyclic) bond motifs is 13. The van der Waals surface area contributed by atoms with Gasteiger partial charge in [-0.3, -0.25) is 0 Å². The van der Waals surface area contributed by atoms with E-state index in [0.29, 0.717) is 0 Å². The van der Waals surface area contributed by atoms with Gasteiger partial charge in [0.2, 0.25) is 0 Å². The van der Waals surface area contributed by atoms with Gasteiger partial charge in [0, 0.05) is 65.6 Å². The smallest absolute Gasteiger partial charge is 0.135 e. The van der Waals surface area contributed by atoms with E-state index in [0.717, 1.165) is 92.6 Å². The average Bonchev–Trinajstić information content (AvgIpc) is 4.13. The van der Waals surface area contributed by atoms with Crippen molar-refractivity contribution in [3.8, 4) is 33.1 Å². The lowest BCUT2D eigenvalue weighted by molar-refractivity contribution is 0.668. The molecule has 0 unspecified atom stereocenters. The number of para-hydroxylation sites is 4. The van der Waals surface area contributed by atoms with Crippen LogP contribution in [0.15, 0.2) is 197 Å². The summed E-state index contributed by atoms with van der Waals surface area (Å²) < 4.78 is 18.5. The van der Waals surface area contributed by atoms with Gasteiger partial charge in [-0.05, 0) is 84.4 Å². The Morgan fingerprint density at radius 1 is 0.377 bits per heavy atom. The first-order chi connectivity index (χ1) is 30.2. The molecular weight excluding hydrogens is 767 g/mol. The van der Waals surface area contributed by atoms with Crippen LogP contribution < -0.4 is 0 Å². The van der Waals surface area contributed by atoms with Gasteiger partial charge in [-0.25, -0.2) is 4.98 Å². The molecule has 0 amide bonds. The molecule has 0 atom stereocenters. The molecule has 0 aliphatic heterocycles. The van der Waals surface area contributed by atoms with Crippen molar-refractivity contribution in [2.45, 2.75) is 0 Å². The highest BCUT2D eigenvalue weighted by Crippen LogP contribution is 2.44. The molecule has 0 aliphatic rings. The Morgan fingerprint density at radius 3 is 1.74 bits per heavy atom. The summed E-state index contributed by atoms with van der Waals surface area (Å²) in [5.74, 6) is 0. The molecule has 284 valence electrons. The minimum absolute atomic E-state index is 0.881. The number of rotatable bonds is 4. The van der Waals surface area contributed by atoms with Crippen molar-refractivity contribution in [2.24, 2.45) is 0 Å². The highest BCUT2D eigenvalue weighted by Gasteiger charge is 2.21. The Kier molecular flexibility index (Phi) is 6.65. The number of nitrogens with zero attached hydrogens (tertiary/aromatic N) is 3. The van der Waals surface area contributed by atoms with E-state index in [-0.39, 0.29) is 0 Å². The third-order valence-electron chi connectivity index (χ3n) is 12.5. The van der Waals surface area contributed by atoms with Gasteiger partial charge in [0.05, 0.1) is 32.3 Å². The number of furan rings is 2. The Morgan fingerprint density at radius 2 is 0.984 bits per heavy atom. The lowest BCUT2D eigenvalue weighted by atomic mass is 9.99. The van der Waals surface area contributed by atoms with Crippen molar-refractivity contribution >= 4 is 109 Å². The summed E-state index contributed by atoms with van der Waals surface area (Å²) in [6, 6.07) is 67.3. The molecule has 61 heavy (non-hydrogen) atoms. The number of aromatic nitrogens is 3. The van der Waals surface area contributed by atoms with E-state index >= 15 is 0 Å². The van der Waals surface area contributed by atoms with Gasteiger partial charge in [-0.2, -0.15) is 0 Å². The van der Waals surface area contributed by atoms with Crippen LogP contribution in [0.2, 0.25) is 0 Å². The van der Waals surface area contributed by atoms with Crippen LogP contribution in [-0.4, -0.2) is 14.1 Å². The van der Waals surface area contributed by atoms with Crippen LogP contribution in [0.3, 0.4) is 0 Å². The van der Waals surface area contributed by atoms with Crippen LogP contribution in [-0.2, 0) is 0 Å². The molecule has 14 rings (SSSR count). The summed E-state index contributed by atoms with van der Waals surface area (Å²) in [5.41, 5.74) is 14.8. The Hall–Kier alpha value is -7.93. The Bertz CT molecular complexity index is 4120. The van der Waals surface area contributed by atoms with Crippen molar-refractivity contribution in [1.29, 1.82) is 0 Å². The normalized spacial score (nSPS) is 12.3. The number of hydrogen-bond donors (Lipinski definition) is 0. The summed E-state index contributed by atoms with van der Waals surface area (Å²) in [7, 11) is 0. The van der Waals surface area contributed by atoms with Gasteiger partial charge in [-0.1, -0.05) is 109 Å². The van der Waals surface area contributed by atoms with E-state index in [4.69, 9.17) is 13.8 Å². The standard InChI is InChI=1S/C55H31N3O2S/c1-2-11-32(12-3-1)55-56-45-31-48-42(30-53(45)61-55)41-27-33(21-24-47(41)57(48)34-22-25-51-43(28-34)38-14-5-8-19-49(38)59-51)36-16-10-17-40-37-13-4-7-18-46(37)58(54(36)40)35-23-26-52-44(29-35)39-15-6-9-20-50(39)60-52/h1-31H. The molecule has 5 nitrogen and oxygen atoms in total. The zero-order valence-electron chi connectivity index (χ0n) is 32.5. The fourth-order valence-electron chi connectivity index (χ4n) is 9.82. The lowest BCUT2D eigenvalue weighted by Crippen LogP contribution is -1.96. The molecule has 0 bridgehead atoms. The number of benzene rings is 9. The van der Waals surface area contributed by atoms with Crippen LogP contribution in [0.25, 0.3) is 131 Å². The van der Waals surface area contributed by atoms with Gasteiger partial charge in [0.25, 0.3) is 0 Å². The second kappa shape index (κ2) is 12.3. The zero-order chi connectivity index (χ0) is 39.8. The van der Waals surface area contributed by atoms with E-state index in [2.05, 4.69) is 173 Å². The molecule has 0 saturated heterocycles. The first-order valence-corrected chi connectivity index (χ1v) is 21.3. The van der Waals surface area contributed by atoms with E-state index in [9.17, 15) is 0 Å². The topological polar surface area (TPSA) is 49.0 Å². The van der Waals surface area contributed by atoms with Gasteiger partial charge in [0.15, 0.2) is 0 Å². The molecule has 0 aliphatic carbocycles. The molecule has 0 N–H and O–H groups in total. The maximum atomic E-state index is 6.28. The largest absolute Gasteiger partial charge is 0.456 e. The minimum Gasteiger partial charge on any atom is -0.456 e. The van der Waals surface area contributed by atoms with Crippen molar-refractivity contribution < 1.29 is 8.83 Å². The van der Waals surface area contributed by atoms with E-state index in [1.807, 2.05) is 24.3 Å². The second-order valence-electron chi connectivity index (χ2n) is 15.9. The summed E-state index contributed by atoms with van der Waals surface area (Å²) in [5, 5.41) is 10.3. The van der Waals surface area contributed by atoms with E-state index in [1.165, 1.54) is 38.1 Å². The van der Waals surface area contributed by atoms with Crippen LogP contribution in [0.4, 0.5) is 0 Å². The third kappa shape index (κ3) is 4.73. The van der Waals surface area contributed by atoms with Crippen molar-refractivity contribution in [2.75, 3.05) is 0 Å². The van der Waals surface area contributed by atoms with Crippen molar-refractivity contribution in [1.82, 2.24) is 14.1 Å². The highest BCUT2D eigenvalue weighted by atomic mass is 32.1. The van der Waals surface area contributed by atoms with Gasteiger partial charge in [0.1, 0.15) is 27.3 Å². The van der Waals surface area contributed by atoms with Crippen LogP contribution >= 0.6 is 11.3 Å². The zero-order valence-corrected chi connectivity index (χ0v) is 33.3. The summed E-state index contributed by atoms with van der Waals surface area (Å²) >= 11 is 1.75. The molecule has 0 saturated carbocycles. The monoisotopic (exact) mass is 797 g/mol. The van der Waals surface area contributed by atoms with Crippen LogP contribution in [0, 0.1) is 0 Å². The van der Waals surface area contributed by atoms with Gasteiger partial charge in [-0.15, -0.1) is 11.3 Å². The Balaban J connectivity index is 1.04. The maximum Gasteiger partial charge on any atom is 0.135 e. The first-order valence-electron chi connectivity index (χ1n) is 20.5. The predicted molar refractivity (Wildman–Crippen MR) is 254 cm³/mol. The molecule has 9 aromatic carbocycles. The van der Waals surface area contributed by atoms with Crippen molar-refractivity contribution in [3.05, 3.63) is 188 Å². The number of thiazole rings is 1. The maximum absolute atomic E-state index is 6.28. The minimum atomic E-state index is 0.881. The molecule has 14 aromatic rings. The molecule has 5 heterocycles. The third-order valence-corrected chi connectivity index (χ3v) is 13.6. The van der Waals surface area contributed by atoms with E-state index < -0.39 is 0 Å². The quantitative estimate of drug-likeness (QED) is 0.178. The van der Waals surface area contributed by atoms with Gasteiger partial charge >= 0.3 is 0 Å². The molecule has 5 aromatic heterocycles. The van der Waals surface area contributed by atoms with Gasteiger partial charge < -0.3 is 18.0 Å². The van der Waals surface area contributed by atoms with E-state index in [1.54, 1.807) is 11.3 Å². The summed E-state index contributed by atoms with van der Waals surface area (Å²) in [6.45, 7) is 0. The van der Waals surface area contributed by atoms with Crippen LogP contribution in [0.1, 0.15) is 0 Å².